The first kappa shape index (κ1) is 22.9. The maximum absolute atomic E-state index is 13.2. The molecule has 3 rings (SSSR count). The summed E-state index contributed by atoms with van der Waals surface area (Å²) in [5.41, 5.74) is 2.73. The first-order valence-corrected chi connectivity index (χ1v) is 10.2. The number of nitrogens with zero attached hydrogens (tertiary/aromatic N) is 2. The summed E-state index contributed by atoms with van der Waals surface area (Å²) in [7, 11) is 1.25. The fourth-order valence-corrected chi connectivity index (χ4v) is 3.61. The molecule has 8 heteroatoms. The van der Waals surface area contributed by atoms with Crippen LogP contribution in [0.15, 0.2) is 41.6 Å². The van der Waals surface area contributed by atoms with Crippen molar-refractivity contribution in [3.63, 3.8) is 0 Å². The van der Waals surface area contributed by atoms with Gasteiger partial charge in [-0.1, -0.05) is 5.16 Å². The van der Waals surface area contributed by atoms with E-state index < -0.39 is 17.7 Å². The zero-order valence-corrected chi connectivity index (χ0v) is 18.4. The summed E-state index contributed by atoms with van der Waals surface area (Å²) in [4.78, 5) is 52.4. The molecule has 2 aromatic carbocycles. The van der Waals surface area contributed by atoms with Crippen molar-refractivity contribution in [3.05, 3.63) is 47.5 Å². The molecular weight excluding hydrogens is 412 g/mol. The Hall–Kier alpha value is -3.81. The van der Waals surface area contributed by atoms with Gasteiger partial charge in [0.25, 0.3) is 0 Å². The van der Waals surface area contributed by atoms with Gasteiger partial charge in [0.05, 0.1) is 13.5 Å². The van der Waals surface area contributed by atoms with Crippen molar-refractivity contribution in [2.24, 2.45) is 5.16 Å². The molecule has 8 nitrogen and oxygen atoms in total. The number of fused-ring (bicyclic) bond motifs is 3. The summed E-state index contributed by atoms with van der Waals surface area (Å²) in [5.74, 6) is -1.69. The normalized spacial score (nSPS) is 11.6. The van der Waals surface area contributed by atoms with Crippen molar-refractivity contribution in [3.8, 4) is 0 Å². The third kappa shape index (κ3) is 4.59. The van der Waals surface area contributed by atoms with Crippen LogP contribution in [0.3, 0.4) is 0 Å². The standard InChI is InChI=1S/C24H24N2O6/c1-5-26-21-9-6-16(14(2)27)12-18(21)19-13-17(7-10-22(19)26)24(30)20(25-32-15(3)28)8-11-23(29)31-4/h6-7,9-10,12-13H,5,8,11H2,1-4H3/b25-20-. The van der Waals surface area contributed by atoms with Gasteiger partial charge in [-0.15, -0.1) is 0 Å². The van der Waals surface area contributed by atoms with Gasteiger partial charge in [-0.3, -0.25) is 14.4 Å². The quantitative estimate of drug-likeness (QED) is 0.173. The summed E-state index contributed by atoms with van der Waals surface area (Å²) >= 11 is 0. The molecule has 32 heavy (non-hydrogen) atoms. The molecular formula is C24H24N2O6. The van der Waals surface area contributed by atoms with E-state index in [1.165, 1.54) is 21.0 Å². The zero-order valence-electron chi connectivity index (χ0n) is 18.4. The Bertz CT molecular complexity index is 1270. The van der Waals surface area contributed by atoms with Crippen LogP contribution in [0.2, 0.25) is 0 Å². The number of rotatable bonds is 8. The molecule has 0 N–H and O–H groups in total. The number of aryl methyl sites for hydroxylation is 1. The van der Waals surface area contributed by atoms with Gasteiger partial charge >= 0.3 is 11.9 Å². The Balaban J connectivity index is 2.10. The highest BCUT2D eigenvalue weighted by atomic mass is 16.7. The van der Waals surface area contributed by atoms with Gasteiger partial charge in [0.2, 0.25) is 5.78 Å². The monoisotopic (exact) mass is 436 g/mol. The number of hydrogen-bond acceptors (Lipinski definition) is 7. The van der Waals surface area contributed by atoms with E-state index >= 15 is 0 Å². The van der Waals surface area contributed by atoms with Crippen molar-refractivity contribution in [2.45, 2.75) is 40.2 Å². The number of hydrogen-bond donors (Lipinski definition) is 0. The minimum absolute atomic E-state index is 0.0397. The molecule has 0 fully saturated rings. The molecule has 166 valence electrons. The topological polar surface area (TPSA) is 104 Å². The van der Waals surface area contributed by atoms with E-state index in [2.05, 4.69) is 19.3 Å². The first-order valence-electron chi connectivity index (χ1n) is 10.2. The van der Waals surface area contributed by atoms with Gasteiger partial charge in [0.1, 0.15) is 5.71 Å². The Kier molecular flexibility index (Phi) is 6.82. The lowest BCUT2D eigenvalue weighted by molar-refractivity contribution is -0.141. The minimum atomic E-state index is -0.674. The maximum Gasteiger partial charge on any atom is 0.331 e. The molecule has 1 aromatic heterocycles. The number of aromatic nitrogens is 1. The van der Waals surface area contributed by atoms with Crippen LogP contribution in [-0.4, -0.2) is 40.9 Å². The zero-order chi connectivity index (χ0) is 23.4. The van der Waals surface area contributed by atoms with E-state index in [1.807, 2.05) is 25.1 Å². The van der Waals surface area contributed by atoms with Gasteiger partial charge < -0.3 is 14.1 Å². The highest BCUT2D eigenvalue weighted by Gasteiger charge is 2.20. The van der Waals surface area contributed by atoms with Crippen LogP contribution in [0.5, 0.6) is 0 Å². The van der Waals surface area contributed by atoms with E-state index in [9.17, 15) is 19.2 Å². The summed E-state index contributed by atoms with van der Waals surface area (Å²) < 4.78 is 6.72. The highest BCUT2D eigenvalue weighted by Crippen LogP contribution is 2.31. The van der Waals surface area contributed by atoms with Crippen LogP contribution in [0.25, 0.3) is 21.8 Å². The number of carbonyl (C=O) groups is 4. The number of benzene rings is 2. The van der Waals surface area contributed by atoms with E-state index in [0.29, 0.717) is 17.7 Å². The summed E-state index contributed by atoms with van der Waals surface area (Å²) in [5, 5.41) is 5.34. The van der Waals surface area contributed by atoms with Crippen molar-refractivity contribution in [2.75, 3.05) is 7.11 Å². The second-order valence-corrected chi connectivity index (χ2v) is 7.29. The third-order valence-corrected chi connectivity index (χ3v) is 5.19. The number of oxime groups is 1. The molecule has 3 aromatic rings. The van der Waals surface area contributed by atoms with Gasteiger partial charge in [0, 0.05) is 52.8 Å². The fourth-order valence-electron chi connectivity index (χ4n) is 3.61. The second kappa shape index (κ2) is 9.55. The smallest absolute Gasteiger partial charge is 0.331 e. The van der Waals surface area contributed by atoms with E-state index in [4.69, 9.17) is 0 Å². The van der Waals surface area contributed by atoms with E-state index in [1.54, 1.807) is 18.2 Å². The van der Waals surface area contributed by atoms with Gasteiger partial charge in [-0.2, -0.15) is 0 Å². The summed E-state index contributed by atoms with van der Waals surface area (Å²) in [6.45, 7) is 5.41. The lowest BCUT2D eigenvalue weighted by Gasteiger charge is -2.06. The SMILES string of the molecule is CCn1c2ccc(C(C)=O)cc2c2cc(C(=O)/C(CCC(=O)OC)=N\OC(C)=O)ccc21. The van der Waals surface area contributed by atoms with Crippen molar-refractivity contribution in [1.29, 1.82) is 0 Å². The van der Waals surface area contributed by atoms with Crippen LogP contribution in [0, 0.1) is 0 Å². The summed E-state index contributed by atoms with van der Waals surface area (Å²) in [6, 6.07) is 10.8. The van der Waals surface area contributed by atoms with Crippen LogP contribution >= 0.6 is 0 Å². The third-order valence-electron chi connectivity index (χ3n) is 5.19. The van der Waals surface area contributed by atoms with Gasteiger partial charge in [-0.05, 0) is 50.2 Å². The minimum Gasteiger partial charge on any atom is -0.469 e. The number of ether oxygens (including phenoxy) is 1. The maximum atomic E-state index is 13.2. The number of carbonyl (C=O) groups excluding carboxylic acids is 4. The molecule has 0 bridgehead atoms. The van der Waals surface area contributed by atoms with Crippen molar-refractivity contribution >= 4 is 51.0 Å². The molecule has 0 aliphatic carbocycles. The largest absolute Gasteiger partial charge is 0.469 e. The number of ketones is 2. The number of methoxy groups -OCH3 is 1. The Morgan fingerprint density at radius 3 is 2.03 bits per heavy atom. The molecule has 0 amide bonds. The Labute approximate surface area is 184 Å². The van der Waals surface area contributed by atoms with Crippen molar-refractivity contribution in [1.82, 2.24) is 4.57 Å². The predicted molar refractivity (Wildman–Crippen MR) is 120 cm³/mol. The summed E-state index contributed by atoms with van der Waals surface area (Å²) in [6.07, 6.45) is -0.121. The second-order valence-electron chi connectivity index (χ2n) is 7.29. The van der Waals surface area contributed by atoms with Crippen LogP contribution in [0.4, 0.5) is 0 Å². The van der Waals surface area contributed by atoms with E-state index in [-0.39, 0.29) is 24.3 Å². The van der Waals surface area contributed by atoms with Gasteiger partial charge in [-0.25, -0.2) is 4.79 Å². The van der Waals surface area contributed by atoms with Crippen LogP contribution in [0.1, 0.15) is 54.3 Å². The first-order chi connectivity index (χ1) is 15.3. The van der Waals surface area contributed by atoms with Gasteiger partial charge in [0.15, 0.2) is 5.78 Å². The molecule has 0 unspecified atom stereocenters. The average molecular weight is 436 g/mol. The fraction of sp³-hybridized carbons (Fsp3) is 0.292. The number of Topliss-reactive ketones (excluding diaryl/α,β-unsaturated/α-hetero) is 2. The lowest BCUT2D eigenvalue weighted by atomic mass is 10.0. The molecule has 0 saturated carbocycles. The lowest BCUT2D eigenvalue weighted by Crippen LogP contribution is -2.17. The molecule has 1 heterocycles. The molecule has 0 atom stereocenters. The van der Waals surface area contributed by atoms with Crippen LogP contribution in [-0.2, 0) is 25.7 Å². The van der Waals surface area contributed by atoms with Crippen LogP contribution < -0.4 is 0 Å². The molecule has 0 saturated heterocycles. The number of esters is 1. The Morgan fingerprint density at radius 1 is 0.906 bits per heavy atom. The average Bonchev–Trinajstić information content (AvgIpc) is 3.10. The molecule has 0 aliphatic heterocycles. The van der Waals surface area contributed by atoms with E-state index in [0.717, 1.165) is 21.8 Å². The highest BCUT2D eigenvalue weighted by molar-refractivity contribution is 6.46. The molecule has 0 radical (unpaired) electrons. The molecule has 0 spiro atoms. The van der Waals surface area contributed by atoms with Crippen molar-refractivity contribution < 1.29 is 28.8 Å². The molecule has 0 aliphatic rings. The predicted octanol–water partition coefficient (Wildman–Crippen LogP) is 4.07. The Morgan fingerprint density at radius 2 is 1.50 bits per heavy atom.